The van der Waals surface area contributed by atoms with Gasteiger partial charge < -0.3 is 18.9 Å². The predicted octanol–water partition coefficient (Wildman–Crippen LogP) is 1.97. The van der Waals surface area contributed by atoms with Crippen LogP contribution in [0.4, 0.5) is 0 Å². The summed E-state index contributed by atoms with van der Waals surface area (Å²) >= 11 is 3.29. The highest BCUT2D eigenvalue weighted by Crippen LogP contribution is 2.35. The number of ether oxygens (including phenoxy) is 1. The van der Waals surface area contributed by atoms with Crippen molar-refractivity contribution in [3.8, 4) is 0 Å². The number of carbonyl (C=O) groups excluding carboxylic acids is 2. The molecule has 0 bridgehead atoms. The Morgan fingerprint density at radius 1 is 1.41 bits per heavy atom. The molecule has 1 saturated heterocycles. The summed E-state index contributed by atoms with van der Waals surface area (Å²) < 4.78 is 10.5. The van der Waals surface area contributed by atoms with Crippen LogP contribution in [-0.4, -0.2) is 48.3 Å². The van der Waals surface area contributed by atoms with Gasteiger partial charge in [-0.05, 0) is 22.0 Å². The molecular weight excluding hydrogens is 356 g/mol. The number of carbonyl (C=O) groups is 2. The molecule has 1 amide bonds. The highest BCUT2D eigenvalue weighted by Gasteiger charge is 2.45. The van der Waals surface area contributed by atoms with Crippen molar-refractivity contribution in [3.63, 3.8) is 0 Å². The molecule has 1 aromatic heterocycles. The van der Waals surface area contributed by atoms with E-state index in [4.69, 9.17) is 9.25 Å². The van der Waals surface area contributed by atoms with Gasteiger partial charge in [0.1, 0.15) is 5.60 Å². The fourth-order valence-electron chi connectivity index (χ4n) is 2.72. The first kappa shape index (κ1) is 15.1. The van der Waals surface area contributed by atoms with Gasteiger partial charge in [0.05, 0.1) is 17.8 Å². The summed E-state index contributed by atoms with van der Waals surface area (Å²) in [6, 6.07) is 1.69. The maximum absolute atomic E-state index is 12.4. The lowest BCUT2D eigenvalue weighted by molar-refractivity contribution is -0.132. The van der Waals surface area contributed by atoms with Crippen LogP contribution < -0.4 is 0 Å². The summed E-state index contributed by atoms with van der Waals surface area (Å²) in [5, 5.41) is 3.83. The molecule has 0 atom stereocenters. The van der Waals surface area contributed by atoms with E-state index in [9.17, 15) is 9.59 Å². The average Bonchev–Trinajstić information content (AvgIpc) is 3.14. The van der Waals surface area contributed by atoms with Crippen LogP contribution in [0, 0.1) is 0 Å². The van der Waals surface area contributed by atoms with E-state index in [2.05, 4.69) is 25.8 Å². The van der Waals surface area contributed by atoms with Crippen molar-refractivity contribution in [2.75, 3.05) is 20.2 Å². The van der Waals surface area contributed by atoms with Crippen molar-refractivity contribution < 1.29 is 23.6 Å². The number of hydrogen-bond acceptors (Lipinski definition) is 6. The number of hydrogen-bond donors (Lipinski definition) is 0. The Morgan fingerprint density at radius 3 is 2.73 bits per heavy atom. The molecule has 1 aromatic rings. The topological polar surface area (TPSA) is 81.3 Å². The highest BCUT2D eigenvalue weighted by molar-refractivity contribution is 9.10. The van der Waals surface area contributed by atoms with Crippen LogP contribution in [0.25, 0.3) is 0 Å². The van der Waals surface area contributed by atoms with Gasteiger partial charge in [0, 0.05) is 32.4 Å². The molecule has 3 rings (SSSR count). The van der Waals surface area contributed by atoms with Crippen LogP contribution in [-0.2, 0) is 14.4 Å². The minimum atomic E-state index is -0.499. The van der Waals surface area contributed by atoms with Crippen LogP contribution in [0.3, 0.4) is 0 Å². The summed E-state index contributed by atoms with van der Waals surface area (Å²) in [6.07, 6.45) is 3.12. The lowest BCUT2D eigenvalue weighted by Crippen LogP contribution is -2.47. The quantitative estimate of drug-likeness (QED) is 0.743. The van der Waals surface area contributed by atoms with E-state index in [1.165, 1.54) is 13.4 Å². The van der Waals surface area contributed by atoms with E-state index in [0.29, 0.717) is 48.3 Å². The first-order chi connectivity index (χ1) is 10.5. The minimum Gasteiger partial charge on any atom is -0.464 e. The molecule has 0 saturated carbocycles. The van der Waals surface area contributed by atoms with Crippen LogP contribution >= 0.6 is 15.9 Å². The third kappa shape index (κ3) is 2.63. The zero-order valence-electron chi connectivity index (χ0n) is 12.0. The molecule has 1 spiro atoms. The zero-order valence-corrected chi connectivity index (χ0v) is 13.6. The van der Waals surface area contributed by atoms with Crippen molar-refractivity contribution in [2.45, 2.75) is 24.9 Å². The van der Waals surface area contributed by atoms with E-state index in [0.717, 1.165) is 0 Å². The third-order valence-corrected chi connectivity index (χ3v) is 4.66. The number of oxime groups is 1. The second kappa shape index (κ2) is 5.75. The maximum atomic E-state index is 12.4. The van der Waals surface area contributed by atoms with Gasteiger partial charge in [-0.1, -0.05) is 5.16 Å². The molecule has 1 fully saturated rings. The molecular formula is C14H15BrN2O5. The Labute approximate surface area is 135 Å². The Balaban J connectivity index is 1.61. The fraction of sp³-hybridized carbons (Fsp3) is 0.500. The first-order valence-corrected chi connectivity index (χ1v) is 7.70. The van der Waals surface area contributed by atoms with Gasteiger partial charge >= 0.3 is 5.97 Å². The Morgan fingerprint density at radius 2 is 2.14 bits per heavy atom. The number of piperidine rings is 1. The Bertz CT molecular complexity index is 631. The number of nitrogens with zero attached hydrogens (tertiary/aromatic N) is 2. The normalized spacial score (nSPS) is 19.7. The molecule has 2 aliphatic heterocycles. The molecule has 0 aliphatic carbocycles. The van der Waals surface area contributed by atoms with Gasteiger partial charge in [-0.2, -0.15) is 0 Å². The molecule has 3 heterocycles. The molecule has 0 N–H and O–H groups in total. The van der Waals surface area contributed by atoms with Crippen molar-refractivity contribution in [1.29, 1.82) is 0 Å². The molecule has 0 aromatic carbocycles. The van der Waals surface area contributed by atoms with Crippen molar-refractivity contribution in [1.82, 2.24) is 4.90 Å². The van der Waals surface area contributed by atoms with Gasteiger partial charge in [0.2, 0.25) is 5.76 Å². The van der Waals surface area contributed by atoms with Gasteiger partial charge in [-0.15, -0.1) is 0 Å². The lowest BCUT2D eigenvalue weighted by atomic mass is 9.87. The number of esters is 1. The lowest BCUT2D eigenvalue weighted by Gasteiger charge is -2.36. The molecule has 118 valence electrons. The number of methoxy groups -OCH3 is 1. The van der Waals surface area contributed by atoms with Crippen molar-refractivity contribution in [3.05, 3.63) is 22.6 Å². The van der Waals surface area contributed by atoms with Gasteiger partial charge in [0.25, 0.3) is 5.91 Å². The molecule has 7 nitrogen and oxygen atoms in total. The Kier molecular flexibility index (Phi) is 3.94. The van der Waals surface area contributed by atoms with E-state index in [1.54, 1.807) is 11.0 Å². The van der Waals surface area contributed by atoms with Crippen LogP contribution in [0.1, 0.15) is 29.8 Å². The standard InChI is InChI=1S/C14H15BrN2O5/c1-20-13(19)10-8-14(22-16-10)3-5-17(6-4-14)12(18)11-9(15)2-7-21-11/h2,7H,3-6,8H2,1H3. The van der Waals surface area contributed by atoms with Gasteiger partial charge in [0.15, 0.2) is 5.71 Å². The molecule has 22 heavy (non-hydrogen) atoms. The van der Waals surface area contributed by atoms with Crippen LogP contribution in [0.2, 0.25) is 0 Å². The number of amides is 1. The van der Waals surface area contributed by atoms with Gasteiger partial charge in [-0.25, -0.2) is 4.79 Å². The number of halogens is 1. The molecule has 8 heteroatoms. The van der Waals surface area contributed by atoms with E-state index in [-0.39, 0.29) is 5.91 Å². The third-order valence-electron chi connectivity index (χ3n) is 4.03. The highest BCUT2D eigenvalue weighted by atomic mass is 79.9. The fourth-order valence-corrected chi connectivity index (χ4v) is 3.10. The van der Waals surface area contributed by atoms with Gasteiger partial charge in [-0.3, -0.25) is 4.79 Å². The first-order valence-electron chi connectivity index (χ1n) is 6.90. The maximum Gasteiger partial charge on any atom is 0.355 e. The Hall–Kier alpha value is -1.83. The summed E-state index contributed by atoms with van der Waals surface area (Å²) in [5.74, 6) is -0.316. The summed E-state index contributed by atoms with van der Waals surface area (Å²) in [4.78, 5) is 31.0. The SMILES string of the molecule is COC(=O)C1=NOC2(CCN(C(=O)c3occc3Br)CC2)C1. The van der Waals surface area contributed by atoms with Crippen LogP contribution in [0.15, 0.2) is 26.4 Å². The van der Waals surface area contributed by atoms with E-state index < -0.39 is 11.6 Å². The predicted molar refractivity (Wildman–Crippen MR) is 79.4 cm³/mol. The van der Waals surface area contributed by atoms with Crippen LogP contribution in [0.5, 0.6) is 0 Å². The second-order valence-corrected chi connectivity index (χ2v) is 6.22. The van der Waals surface area contributed by atoms with Crippen molar-refractivity contribution in [2.24, 2.45) is 5.16 Å². The zero-order chi connectivity index (χ0) is 15.7. The summed E-state index contributed by atoms with van der Waals surface area (Å²) in [5.41, 5.74) is -0.197. The number of likely N-dealkylation sites (tertiary alicyclic amines) is 1. The molecule has 2 aliphatic rings. The summed E-state index contributed by atoms with van der Waals surface area (Å²) in [6.45, 7) is 1.05. The smallest absolute Gasteiger partial charge is 0.355 e. The van der Waals surface area contributed by atoms with E-state index >= 15 is 0 Å². The molecule has 0 unspecified atom stereocenters. The summed E-state index contributed by atoms with van der Waals surface area (Å²) in [7, 11) is 1.32. The average molecular weight is 371 g/mol. The largest absolute Gasteiger partial charge is 0.464 e. The van der Waals surface area contributed by atoms with Crippen molar-refractivity contribution >= 4 is 33.5 Å². The second-order valence-electron chi connectivity index (χ2n) is 5.37. The monoisotopic (exact) mass is 370 g/mol. The molecule has 0 radical (unpaired) electrons. The number of furan rings is 1. The minimum absolute atomic E-state index is 0.154. The number of rotatable bonds is 2. The van der Waals surface area contributed by atoms with E-state index in [1.807, 2.05) is 0 Å².